The zero-order valence-electron chi connectivity index (χ0n) is 5.71. The van der Waals surface area contributed by atoms with Crippen molar-refractivity contribution in [1.29, 1.82) is 0 Å². The Balaban J connectivity index is 2.75. The molecule has 0 radical (unpaired) electrons. The van der Waals surface area contributed by atoms with Crippen molar-refractivity contribution in [3.8, 4) is 0 Å². The van der Waals surface area contributed by atoms with Gasteiger partial charge in [-0.2, -0.15) is 11.8 Å². The van der Waals surface area contributed by atoms with Crippen LogP contribution in [0.5, 0.6) is 0 Å². The summed E-state index contributed by atoms with van der Waals surface area (Å²) >= 11 is 1.85. The summed E-state index contributed by atoms with van der Waals surface area (Å²) in [4.78, 5) is 0. The Morgan fingerprint density at radius 1 is 1.56 bits per heavy atom. The summed E-state index contributed by atoms with van der Waals surface area (Å²) in [6.07, 6.45) is 6.88. The predicted octanol–water partition coefficient (Wildman–Crippen LogP) is 1.98. The fourth-order valence-corrected chi connectivity index (χ4v) is 1.03. The van der Waals surface area contributed by atoms with E-state index in [0.29, 0.717) is 0 Å². The topological polar surface area (TPSA) is 32.6 Å². The van der Waals surface area contributed by atoms with Crippen molar-refractivity contribution < 1.29 is 5.21 Å². The molecule has 0 bridgehead atoms. The smallest absolute Gasteiger partial charge is 0.0435 e. The molecule has 2 nitrogen and oxygen atoms in total. The molecule has 0 aromatic carbocycles. The minimum atomic E-state index is 0.900. The maximum atomic E-state index is 7.99. The monoisotopic (exact) mass is 147 g/mol. The molecule has 3 heteroatoms. The second-order valence-corrected chi connectivity index (χ2v) is 2.77. The van der Waals surface area contributed by atoms with Crippen LogP contribution in [0.25, 0.3) is 0 Å². The van der Waals surface area contributed by atoms with E-state index in [-0.39, 0.29) is 0 Å². The molecular formula is C6H13NOS. The molecule has 0 unspecified atom stereocenters. The molecule has 0 aliphatic carbocycles. The Hall–Kier alpha value is -0.180. The van der Waals surface area contributed by atoms with Gasteiger partial charge in [0.2, 0.25) is 0 Å². The third-order valence-corrected chi connectivity index (χ3v) is 1.71. The highest BCUT2D eigenvalue weighted by atomic mass is 32.2. The summed E-state index contributed by atoms with van der Waals surface area (Å²) in [5.74, 6) is 1.21. The quantitative estimate of drug-likeness (QED) is 0.279. The summed E-state index contributed by atoms with van der Waals surface area (Å²) in [5.41, 5.74) is 0. The van der Waals surface area contributed by atoms with E-state index in [1.165, 1.54) is 12.2 Å². The maximum absolute atomic E-state index is 7.99. The summed E-state index contributed by atoms with van der Waals surface area (Å²) in [6, 6.07) is 0. The first-order chi connectivity index (χ1) is 4.41. The van der Waals surface area contributed by atoms with Gasteiger partial charge < -0.3 is 5.21 Å². The summed E-state index contributed by atoms with van der Waals surface area (Å²) < 4.78 is 0. The molecule has 54 valence electrons. The molecule has 0 heterocycles. The van der Waals surface area contributed by atoms with E-state index >= 15 is 0 Å². The molecule has 9 heavy (non-hydrogen) atoms. The van der Waals surface area contributed by atoms with Crippen LogP contribution in [0.2, 0.25) is 0 Å². The minimum absolute atomic E-state index is 0.900. The number of unbranched alkanes of at least 4 members (excludes halogenated alkanes) is 2. The number of nitrogens with zero attached hydrogens (tertiary/aromatic N) is 1. The van der Waals surface area contributed by atoms with Crippen molar-refractivity contribution in [1.82, 2.24) is 0 Å². The van der Waals surface area contributed by atoms with Crippen molar-refractivity contribution in [3.05, 3.63) is 0 Å². The lowest BCUT2D eigenvalue weighted by Crippen LogP contribution is -1.80. The molecule has 0 aliphatic heterocycles. The van der Waals surface area contributed by atoms with Crippen molar-refractivity contribution in [3.63, 3.8) is 0 Å². The minimum Gasteiger partial charge on any atom is -0.411 e. The standard InChI is InChI=1S/C6H13NOS/c1-9-6-4-2-3-5-7-8/h5,8H,2-4,6H2,1H3/b7-5+. The van der Waals surface area contributed by atoms with Crippen LogP contribution in [0.15, 0.2) is 5.16 Å². The number of rotatable bonds is 5. The Morgan fingerprint density at radius 3 is 2.89 bits per heavy atom. The van der Waals surface area contributed by atoms with E-state index in [2.05, 4.69) is 11.4 Å². The average molecular weight is 147 g/mol. The molecule has 0 atom stereocenters. The van der Waals surface area contributed by atoms with Crippen LogP contribution >= 0.6 is 11.8 Å². The van der Waals surface area contributed by atoms with Gasteiger partial charge in [0.25, 0.3) is 0 Å². The van der Waals surface area contributed by atoms with Gasteiger partial charge in [0, 0.05) is 6.21 Å². The third kappa shape index (κ3) is 7.82. The van der Waals surface area contributed by atoms with Gasteiger partial charge in [0.1, 0.15) is 0 Å². The average Bonchev–Trinajstić information content (AvgIpc) is 1.89. The van der Waals surface area contributed by atoms with E-state index in [1.807, 2.05) is 11.8 Å². The lowest BCUT2D eigenvalue weighted by atomic mass is 10.3. The Bertz CT molecular complexity index is 75.5. The highest BCUT2D eigenvalue weighted by molar-refractivity contribution is 7.98. The number of oxime groups is 1. The fraction of sp³-hybridized carbons (Fsp3) is 0.833. The number of thioether (sulfide) groups is 1. The first kappa shape index (κ1) is 8.82. The van der Waals surface area contributed by atoms with E-state index in [0.717, 1.165) is 12.8 Å². The molecule has 1 N–H and O–H groups in total. The molecule has 0 saturated carbocycles. The van der Waals surface area contributed by atoms with Crippen LogP contribution < -0.4 is 0 Å². The van der Waals surface area contributed by atoms with Crippen molar-refractivity contribution in [2.45, 2.75) is 19.3 Å². The molecule has 0 spiro atoms. The highest BCUT2D eigenvalue weighted by Gasteiger charge is 1.83. The van der Waals surface area contributed by atoms with E-state index in [4.69, 9.17) is 5.21 Å². The van der Waals surface area contributed by atoms with Gasteiger partial charge in [-0.15, -0.1) is 5.16 Å². The first-order valence-electron chi connectivity index (χ1n) is 3.06. The molecule has 0 aromatic rings. The van der Waals surface area contributed by atoms with Crippen molar-refractivity contribution in [2.75, 3.05) is 12.0 Å². The SMILES string of the molecule is CSCCCC/C=N/O. The molecule has 0 fully saturated rings. The van der Waals surface area contributed by atoms with Gasteiger partial charge >= 0.3 is 0 Å². The number of hydrogen-bond acceptors (Lipinski definition) is 3. The van der Waals surface area contributed by atoms with Crippen LogP contribution in [0.1, 0.15) is 19.3 Å². The van der Waals surface area contributed by atoms with Gasteiger partial charge in [0.15, 0.2) is 0 Å². The Morgan fingerprint density at radius 2 is 2.33 bits per heavy atom. The van der Waals surface area contributed by atoms with E-state index in [1.54, 1.807) is 6.21 Å². The molecule has 0 saturated heterocycles. The Kier molecular flexibility index (Phi) is 7.66. The second-order valence-electron chi connectivity index (χ2n) is 1.79. The van der Waals surface area contributed by atoms with Gasteiger partial charge in [-0.05, 0) is 31.3 Å². The summed E-state index contributed by atoms with van der Waals surface area (Å²) in [6.45, 7) is 0. The van der Waals surface area contributed by atoms with Crippen LogP contribution in [0.3, 0.4) is 0 Å². The molecule has 0 aliphatic rings. The predicted molar refractivity (Wildman–Crippen MR) is 42.5 cm³/mol. The van der Waals surface area contributed by atoms with E-state index in [9.17, 15) is 0 Å². The van der Waals surface area contributed by atoms with Crippen molar-refractivity contribution in [2.24, 2.45) is 5.16 Å². The molecule has 0 amide bonds. The first-order valence-corrected chi connectivity index (χ1v) is 4.46. The van der Waals surface area contributed by atoms with Crippen LogP contribution in [0.4, 0.5) is 0 Å². The van der Waals surface area contributed by atoms with Crippen molar-refractivity contribution >= 4 is 18.0 Å². The maximum Gasteiger partial charge on any atom is 0.0435 e. The molecular weight excluding hydrogens is 134 g/mol. The number of hydrogen-bond donors (Lipinski definition) is 1. The normalized spacial score (nSPS) is 10.8. The zero-order chi connectivity index (χ0) is 6.95. The zero-order valence-corrected chi connectivity index (χ0v) is 6.52. The second kappa shape index (κ2) is 7.82. The van der Waals surface area contributed by atoms with Gasteiger partial charge in [0.05, 0.1) is 0 Å². The van der Waals surface area contributed by atoms with Gasteiger partial charge in [-0.25, -0.2) is 0 Å². The largest absolute Gasteiger partial charge is 0.411 e. The fourth-order valence-electron chi connectivity index (χ4n) is 0.540. The summed E-state index contributed by atoms with van der Waals surface area (Å²) in [5, 5.41) is 10.9. The van der Waals surface area contributed by atoms with Crippen LogP contribution in [0, 0.1) is 0 Å². The van der Waals surface area contributed by atoms with Gasteiger partial charge in [-0.1, -0.05) is 0 Å². The Labute approximate surface area is 60.3 Å². The van der Waals surface area contributed by atoms with E-state index < -0.39 is 0 Å². The third-order valence-electron chi connectivity index (χ3n) is 1.01. The van der Waals surface area contributed by atoms with Gasteiger partial charge in [-0.3, -0.25) is 0 Å². The summed E-state index contributed by atoms with van der Waals surface area (Å²) in [7, 11) is 0. The molecule has 0 rings (SSSR count). The lowest BCUT2D eigenvalue weighted by molar-refractivity contribution is 0.320. The van der Waals surface area contributed by atoms with Crippen LogP contribution in [-0.2, 0) is 0 Å². The van der Waals surface area contributed by atoms with Crippen LogP contribution in [-0.4, -0.2) is 23.4 Å². The molecule has 0 aromatic heterocycles. The lowest BCUT2D eigenvalue weighted by Gasteiger charge is -1.91. The highest BCUT2D eigenvalue weighted by Crippen LogP contribution is 2.00.